The quantitative estimate of drug-likeness (QED) is 0.799. The van der Waals surface area contributed by atoms with Crippen LogP contribution in [-0.4, -0.2) is 54.6 Å². The summed E-state index contributed by atoms with van der Waals surface area (Å²) in [5.41, 5.74) is 0.405. The van der Waals surface area contributed by atoms with Gasteiger partial charge in [0.1, 0.15) is 0 Å². The monoisotopic (exact) mass is 296 g/mol. The Morgan fingerprint density at radius 3 is 2.65 bits per heavy atom. The van der Waals surface area contributed by atoms with Crippen LogP contribution >= 0.6 is 11.3 Å². The molecule has 1 heterocycles. The van der Waals surface area contributed by atoms with E-state index in [4.69, 9.17) is 0 Å². The lowest BCUT2D eigenvalue weighted by molar-refractivity contribution is 0.0261. The maximum atomic E-state index is 4.44. The molecule has 1 aromatic heterocycles. The minimum Gasteiger partial charge on any atom is -0.362 e. The summed E-state index contributed by atoms with van der Waals surface area (Å²) in [4.78, 5) is 10.6. The molecule has 1 saturated carbocycles. The second-order valence-electron chi connectivity index (χ2n) is 6.20. The number of hydrogen-bond acceptors (Lipinski definition) is 5. The normalized spacial score (nSPS) is 17.5. The summed E-state index contributed by atoms with van der Waals surface area (Å²) >= 11 is 1.78. The third kappa shape index (κ3) is 3.71. The zero-order valence-corrected chi connectivity index (χ0v) is 14.1. The summed E-state index contributed by atoms with van der Waals surface area (Å²) in [6.07, 6.45) is 7.19. The minimum atomic E-state index is 0.405. The van der Waals surface area contributed by atoms with Gasteiger partial charge in [0.15, 0.2) is 5.13 Å². The fourth-order valence-electron chi connectivity index (χ4n) is 2.85. The highest BCUT2D eigenvalue weighted by molar-refractivity contribution is 7.15. The van der Waals surface area contributed by atoms with Crippen molar-refractivity contribution in [2.24, 2.45) is 0 Å². The molecule has 0 radical (unpaired) electrons. The summed E-state index contributed by atoms with van der Waals surface area (Å²) < 4.78 is 0. The fourth-order valence-corrected chi connectivity index (χ4v) is 3.77. The van der Waals surface area contributed by atoms with Crippen LogP contribution in [0, 0.1) is 0 Å². The van der Waals surface area contributed by atoms with E-state index in [-0.39, 0.29) is 0 Å². The molecule has 20 heavy (non-hydrogen) atoms. The molecule has 0 saturated heterocycles. The first-order valence-electron chi connectivity index (χ1n) is 7.60. The lowest BCUT2D eigenvalue weighted by Gasteiger charge is -2.49. The number of hydrogen-bond donors (Lipinski definition) is 1. The Balaban J connectivity index is 1.84. The van der Waals surface area contributed by atoms with Gasteiger partial charge in [0.05, 0.1) is 0 Å². The van der Waals surface area contributed by atoms with E-state index < -0.39 is 0 Å². The number of nitrogens with one attached hydrogen (secondary N) is 1. The van der Waals surface area contributed by atoms with Crippen molar-refractivity contribution in [1.29, 1.82) is 0 Å². The molecule has 2 rings (SSSR count). The number of likely N-dealkylation sites (N-methyl/N-ethyl adjacent to an activating group) is 2. The predicted molar refractivity (Wildman–Crippen MR) is 87.5 cm³/mol. The Bertz CT molecular complexity index is 412. The molecule has 0 spiro atoms. The van der Waals surface area contributed by atoms with Crippen LogP contribution in [0.2, 0.25) is 0 Å². The molecule has 0 aliphatic heterocycles. The Hall–Kier alpha value is -0.650. The third-order valence-corrected chi connectivity index (χ3v) is 5.24. The second kappa shape index (κ2) is 6.87. The molecule has 1 fully saturated rings. The maximum Gasteiger partial charge on any atom is 0.182 e. The molecule has 1 N–H and O–H groups in total. The van der Waals surface area contributed by atoms with E-state index in [9.17, 15) is 0 Å². The smallest absolute Gasteiger partial charge is 0.182 e. The minimum absolute atomic E-state index is 0.405. The summed E-state index contributed by atoms with van der Waals surface area (Å²) in [6, 6.07) is 0. The van der Waals surface area contributed by atoms with Gasteiger partial charge < -0.3 is 10.2 Å². The van der Waals surface area contributed by atoms with E-state index in [0.717, 1.165) is 31.2 Å². The van der Waals surface area contributed by atoms with Gasteiger partial charge >= 0.3 is 0 Å². The van der Waals surface area contributed by atoms with Gasteiger partial charge in [0.25, 0.3) is 0 Å². The molecule has 0 bridgehead atoms. The van der Waals surface area contributed by atoms with Crippen molar-refractivity contribution >= 4 is 16.5 Å². The summed E-state index contributed by atoms with van der Waals surface area (Å²) in [7, 11) is 6.65. The zero-order chi connectivity index (χ0) is 14.6. The van der Waals surface area contributed by atoms with Gasteiger partial charge in [-0.25, -0.2) is 4.98 Å². The van der Waals surface area contributed by atoms with Crippen LogP contribution in [0.3, 0.4) is 0 Å². The molecule has 1 aliphatic carbocycles. The molecule has 0 aromatic carbocycles. The number of anilines is 1. The first kappa shape index (κ1) is 15.7. The van der Waals surface area contributed by atoms with Crippen molar-refractivity contribution in [3.8, 4) is 0 Å². The zero-order valence-electron chi connectivity index (χ0n) is 13.3. The van der Waals surface area contributed by atoms with E-state index in [2.05, 4.69) is 48.2 Å². The van der Waals surface area contributed by atoms with Gasteiger partial charge in [-0.1, -0.05) is 6.92 Å². The largest absolute Gasteiger partial charge is 0.362 e. The van der Waals surface area contributed by atoms with Crippen molar-refractivity contribution in [3.05, 3.63) is 11.1 Å². The van der Waals surface area contributed by atoms with E-state index >= 15 is 0 Å². The molecule has 114 valence electrons. The highest BCUT2D eigenvalue weighted by Crippen LogP contribution is 2.37. The van der Waals surface area contributed by atoms with Crippen molar-refractivity contribution in [1.82, 2.24) is 14.8 Å². The average molecular weight is 296 g/mol. The van der Waals surface area contributed by atoms with Gasteiger partial charge in [-0.2, -0.15) is 0 Å². The molecular weight excluding hydrogens is 268 g/mol. The Kier molecular flexibility index (Phi) is 5.41. The Morgan fingerprint density at radius 1 is 1.35 bits per heavy atom. The molecule has 1 aliphatic rings. The number of thiazole rings is 1. The molecular formula is C15H28N4S. The van der Waals surface area contributed by atoms with Crippen LogP contribution in [0.1, 0.15) is 37.5 Å². The Morgan fingerprint density at radius 2 is 2.10 bits per heavy atom. The first-order chi connectivity index (χ1) is 9.55. The molecule has 0 amide bonds. The predicted octanol–water partition coefficient (Wildman–Crippen LogP) is 2.88. The first-order valence-corrected chi connectivity index (χ1v) is 8.42. The second-order valence-corrected chi connectivity index (χ2v) is 7.32. The van der Waals surface area contributed by atoms with Crippen LogP contribution in [0.15, 0.2) is 6.20 Å². The standard InChI is InChI=1S/C15H28N4S/c1-5-9-16-14-17-10-13(20-14)11-19(4)12-15(18(2)3)7-6-8-15/h10H,5-9,11-12H2,1-4H3,(H,16,17). The topological polar surface area (TPSA) is 31.4 Å². The summed E-state index contributed by atoms with van der Waals surface area (Å²) in [5.74, 6) is 0. The number of nitrogens with zero attached hydrogens (tertiary/aromatic N) is 3. The van der Waals surface area contributed by atoms with Crippen molar-refractivity contribution in [2.75, 3.05) is 39.5 Å². The lowest BCUT2D eigenvalue weighted by atomic mass is 9.75. The van der Waals surface area contributed by atoms with Crippen LogP contribution < -0.4 is 5.32 Å². The highest BCUT2D eigenvalue weighted by Gasteiger charge is 2.39. The molecule has 5 heteroatoms. The summed E-state index contributed by atoms with van der Waals surface area (Å²) in [6.45, 7) is 5.33. The van der Waals surface area contributed by atoms with Crippen LogP contribution in [0.25, 0.3) is 0 Å². The average Bonchev–Trinajstić information content (AvgIpc) is 2.78. The van der Waals surface area contributed by atoms with Crippen LogP contribution in [-0.2, 0) is 6.54 Å². The summed E-state index contributed by atoms with van der Waals surface area (Å²) in [5, 5.41) is 4.41. The van der Waals surface area contributed by atoms with Gasteiger partial charge in [-0.05, 0) is 46.8 Å². The fraction of sp³-hybridized carbons (Fsp3) is 0.800. The third-order valence-electron chi connectivity index (χ3n) is 4.30. The molecule has 0 atom stereocenters. The van der Waals surface area contributed by atoms with Gasteiger partial charge in [0, 0.05) is 36.2 Å². The molecule has 4 nitrogen and oxygen atoms in total. The molecule has 0 unspecified atom stereocenters. The van der Waals surface area contributed by atoms with E-state index in [1.807, 2.05) is 6.20 Å². The van der Waals surface area contributed by atoms with Crippen molar-refractivity contribution in [3.63, 3.8) is 0 Å². The maximum absolute atomic E-state index is 4.44. The molecule has 1 aromatic rings. The van der Waals surface area contributed by atoms with E-state index in [0.29, 0.717) is 5.54 Å². The van der Waals surface area contributed by atoms with E-state index in [1.54, 1.807) is 11.3 Å². The van der Waals surface area contributed by atoms with Crippen LogP contribution in [0.4, 0.5) is 5.13 Å². The van der Waals surface area contributed by atoms with Gasteiger partial charge in [-0.15, -0.1) is 11.3 Å². The van der Waals surface area contributed by atoms with Crippen molar-refractivity contribution < 1.29 is 0 Å². The highest BCUT2D eigenvalue weighted by atomic mass is 32.1. The Labute approximate surface area is 127 Å². The van der Waals surface area contributed by atoms with Gasteiger partial charge in [0.2, 0.25) is 0 Å². The van der Waals surface area contributed by atoms with Crippen LogP contribution in [0.5, 0.6) is 0 Å². The number of aromatic nitrogens is 1. The van der Waals surface area contributed by atoms with Gasteiger partial charge in [-0.3, -0.25) is 4.90 Å². The van der Waals surface area contributed by atoms with E-state index in [1.165, 1.54) is 24.1 Å². The number of rotatable bonds is 8. The SMILES string of the molecule is CCCNc1ncc(CN(C)CC2(N(C)C)CCC2)s1. The van der Waals surface area contributed by atoms with Crippen molar-refractivity contribution in [2.45, 2.75) is 44.7 Å². The lowest BCUT2D eigenvalue weighted by Crippen LogP contribution is -2.56.